The van der Waals surface area contributed by atoms with Gasteiger partial charge in [0.2, 0.25) is 0 Å². The average Bonchev–Trinajstić information content (AvgIpc) is 2.43. The molecule has 1 rings (SSSR count). The molecule has 126 valence electrons. The fourth-order valence-corrected chi connectivity index (χ4v) is 1.90. The second kappa shape index (κ2) is 8.81. The summed E-state index contributed by atoms with van der Waals surface area (Å²) in [5, 5.41) is 2.71. The lowest BCUT2D eigenvalue weighted by molar-refractivity contribution is 0.0229. The van der Waals surface area contributed by atoms with E-state index in [-0.39, 0.29) is 22.5 Å². The molecule has 22 heavy (non-hydrogen) atoms. The zero-order valence-corrected chi connectivity index (χ0v) is 14.1. The summed E-state index contributed by atoms with van der Waals surface area (Å²) in [6.45, 7) is 9.43. The largest absolute Gasteiger partial charge is 0.359 e. The van der Waals surface area contributed by atoms with E-state index in [2.05, 4.69) is 5.32 Å². The molecule has 0 heterocycles. The van der Waals surface area contributed by atoms with Crippen LogP contribution in [0.5, 0.6) is 0 Å². The maximum absolute atomic E-state index is 13.8. The lowest BCUT2D eigenvalue weighted by Crippen LogP contribution is -2.15. The van der Waals surface area contributed by atoms with Gasteiger partial charge in [-0.25, -0.2) is 17.6 Å². The smallest absolute Gasteiger partial charge is 0.250 e. The third kappa shape index (κ3) is 6.08. The number of rotatable bonds is 5. The van der Waals surface area contributed by atoms with Crippen molar-refractivity contribution in [1.82, 2.24) is 0 Å². The van der Waals surface area contributed by atoms with Gasteiger partial charge in [-0.3, -0.25) is 0 Å². The van der Waals surface area contributed by atoms with Gasteiger partial charge in [-0.05, 0) is 33.3 Å². The molecule has 0 aliphatic heterocycles. The summed E-state index contributed by atoms with van der Waals surface area (Å²) in [5.74, 6) is -4.25. The van der Waals surface area contributed by atoms with Gasteiger partial charge in [-0.2, -0.15) is 0 Å². The number of hydrogen-bond donors (Lipinski definition) is 1. The van der Waals surface area contributed by atoms with E-state index in [1.54, 1.807) is 13.0 Å². The third-order valence-corrected chi connectivity index (χ3v) is 2.94. The summed E-state index contributed by atoms with van der Waals surface area (Å²) >= 11 is 0. The average molecular weight is 319 g/mol. The van der Waals surface area contributed by atoms with Crippen LogP contribution in [-0.2, 0) is 0 Å². The van der Waals surface area contributed by atoms with Crippen molar-refractivity contribution >= 4 is 5.69 Å². The number of alkyl halides is 2. The Hall–Kier alpha value is -1.52. The Morgan fingerprint density at radius 2 is 1.73 bits per heavy atom. The highest BCUT2D eigenvalue weighted by atomic mass is 19.3. The summed E-state index contributed by atoms with van der Waals surface area (Å²) in [6, 6.07) is 1.13. The van der Waals surface area contributed by atoms with Crippen molar-refractivity contribution in [1.29, 1.82) is 0 Å². The molecule has 0 saturated heterocycles. The van der Waals surface area contributed by atoms with Gasteiger partial charge in [0, 0.05) is 22.5 Å². The number of allylic oxidation sites excluding steroid dienone is 2. The second-order valence-corrected chi connectivity index (χ2v) is 4.98. The highest BCUT2D eigenvalue weighted by Gasteiger charge is 2.23. The molecule has 0 radical (unpaired) electrons. The van der Waals surface area contributed by atoms with Gasteiger partial charge in [0.1, 0.15) is 11.6 Å². The summed E-state index contributed by atoms with van der Waals surface area (Å²) in [4.78, 5) is 0. The SMILES string of the molecule is CC.CC/C=C(\CC(C)(F)F)Nc1cc(F)c(C)c(F)c1C. The molecule has 0 atom stereocenters. The minimum absolute atomic E-state index is 0.0742. The molecule has 0 fully saturated rings. The van der Waals surface area contributed by atoms with Gasteiger partial charge < -0.3 is 5.32 Å². The molecule has 1 nitrogen and oxygen atoms in total. The Kier molecular flexibility index (Phi) is 8.20. The van der Waals surface area contributed by atoms with Gasteiger partial charge in [-0.1, -0.05) is 26.8 Å². The maximum atomic E-state index is 13.8. The predicted octanol–water partition coefficient (Wildman–Crippen LogP) is 6.36. The predicted molar refractivity (Wildman–Crippen MR) is 84.4 cm³/mol. The molecule has 0 aliphatic rings. The van der Waals surface area contributed by atoms with E-state index >= 15 is 0 Å². The molecule has 5 heteroatoms. The highest BCUT2D eigenvalue weighted by molar-refractivity contribution is 5.56. The van der Waals surface area contributed by atoms with E-state index in [1.807, 2.05) is 13.8 Å². The summed E-state index contributed by atoms with van der Waals surface area (Å²) in [7, 11) is 0. The van der Waals surface area contributed by atoms with E-state index in [9.17, 15) is 17.6 Å². The molecule has 0 saturated carbocycles. The van der Waals surface area contributed by atoms with Crippen LogP contribution in [0.4, 0.5) is 23.2 Å². The zero-order valence-electron chi connectivity index (χ0n) is 14.1. The number of benzene rings is 1. The fourth-order valence-electron chi connectivity index (χ4n) is 1.90. The number of anilines is 1. The zero-order chi connectivity index (χ0) is 17.5. The molecule has 0 spiro atoms. The highest BCUT2D eigenvalue weighted by Crippen LogP contribution is 2.28. The standard InChI is InChI=1S/C15H19F4N.C2H6/c1-5-6-11(8-15(4,18)19)20-13-7-12(16)9(2)14(17)10(13)3;1-2/h6-7,20H,5,8H2,1-4H3;1-2H3/b11-6+;. The van der Waals surface area contributed by atoms with E-state index in [4.69, 9.17) is 0 Å². The fraction of sp³-hybridized carbons (Fsp3) is 0.529. The molecule has 0 amide bonds. The van der Waals surface area contributed by atoms with Crippen LogP contribution in [-0.4, -0.2) is 5.92 Å². The Bertz CT molecular complexity index is 516. The first-order valence-electron chi connectivity index (χ1n) is 7.44. The van der Waals surface area contributed by atoms with Crippen LogP contribution < -0.4 is 5.32 Å². The van der Waals surface area contributed by atoms with Crippen LogP contribution in [0, 0.1) is 25.5 Å². The van der Waals surface area contributed by atoms with Gasteiger partial charge in [0.15, 0.2) is 0 Å². The van der Waals surface area contributed by atoms with Crippen molar-refractivity contribution in [3.63, 3.8) is 0 Å². The Balaban J connectivity index is 0.00000211. The topological polar surface area (TPSA) is 12.0 Å². The van der Waals surface area contributed by atoms with Gasteiger partial charge >= 0.3 is 0 Å². The van der Waals surface area contributed by atoms with Crippen LogP contribution in [0.25, 0.3) is 0 Å². The normalized spacial score (nSPS) is 11.8. The first-order valence-corrected chi connectivity index (χ1v) is 7.44. The van der Waals surface area contributed by atoms with Crippen molar-refractivity contribution in [2.45, 2.75) is 60.3 Å². The van der Waals surface area contributed by atoms with Crippen molar-refractivity contribution in [2.75, 3.05) is 5.32 Å². The third-order valence-electron chi connectivity index (χ3n) is 2.94. The molecular formula is C17H25F4N. The summed E-state index contributed by atoms with van der Waals surface area (Å²) in [5.41, 5.74) is 0.570. The van der Waals surface area contributed by atoms with Crippen LogP contribution in [0.15, 0.2) is 17.8 Å². The Labute approximate surface area is 130 Å². The molecule has 0 aromatic heterocycles. The van der Waals surface area contributed by atoms with Crippen molar-refractivity contribution < 1.29 is 17.6 Å². The lowest BCUT2D eigenvalue weighted by atomic mass is 10.1. The maximum Gasteiger partial charge on any atom is 0.250 e. The number of nitrogens with one attached hydrogen (secondary N) is 1. The van der Waals surface area contributed by atoms with Crippen molar-refractivity contribution in [2.24, 2.45) is 0 Å². The van der Waals surface area contributed by atoms with E-state index in [0.29, 0.717) is 6.42 Å². The molecule has 0 unspecified atom stereocenters. The first kappa shape index (κ1) is 20.5. The van der Waals surface area contributed by atoms with Crippen LogP contribution in [0.1, 0.15) is 51.7 Å². The van der Waals surface area contributed by atoms with Gasteiger partial charge in [0.25, 0.3) is 5.92 Å². The summed E-state index contributed by atoms with van der Waals surface area (Å²) in [6.07, 6.45) is 1.64. The number of halogens is 4. The number of hydrogen-bond acceptors (Lipinski definition) is 1. The van der Waals surface area contributed by atoms with Gasteiger partial charge in [0.05, 0.1) is 6.42 Å². The quantitative estimate of drug-likeness (QED) is 0.623. The van der Waals surface area contributed by atoms with Gasteiger partial charge in [-0.15, -0.1) is 0 Å². The monoisotopic (exact) mass is 319 g/mol. The second-order valence-electron chi connectivity index (χ2n) is 4.98. The van der Waals surface area contributed by atoms with Crippen LogP contribution >= 0.6 is 0 Å². The lowest BCUT2D eigenvalue weighted by Gasteiger charge is -2.18. The molecule has 1 aromatic carbocycles. The van der Waals surface area contributed by atoms with Crippen LogP contribution in [0.3, 0.4) is 0 Å². The van der Waals surface area contributed by atoms with Crippen molar-refractivity contribution in [3.8, 4) is 0 Å². The Morgan fingerprint density at radius 3 is 2.18 bits per heavy atom. The van der Waals surface area contributed by atoms with E-state index in [1.165, 1.54) is 13.8 Å². The minimum atomic E-state index is -2.89. The molecule has 1 N–H and O–H groups in total. The van der Waals surface area contributed by atoms with Crippen LogP contribution in [0.2, 0.25) is 0 Å². The van der Waals surface area contributed by atoms with E-state index < -0.39 is 24.0 Å². The first-order chi connectivity index (χ1) is 10.2. The molecule has 1 aromatic rings. The van der Waals surface area contributed by atoms with E-state index in [0.717, 1.165) is 13.0 Å². The minimum Gasteiger partial charge on any atom is -0.359 e. The summed E-state index contributed by atoms with van der Waals surface area (Å²) < 4.78 is 53.5. The van der Waals surface area contributed by atoms with Crippen molar-refractivity contribution in [3.05, 3.63) is 40.6 Å². The molecule has 0 aliphatic carbocycles. The Morgan fingerprint density at radius 1 is 1.18 bits per heavy atom. The molecular weight excluding hydrogens is 294 g/mol. The molecule has 0 bridgehead atoms.